The Kier molecular flexibility index (Phi) is 4.92. The predicted molar refractivity (Wildman–Crippen MR) is 99.2 cm³/mol. The van der Waals surface area contributed by atoms with Gasteiger partial charge in [-0.3, -0.25) is 9.58 Å². The fourth-order valence-electron chi connectivity index (χ4n) is 4.12. The first-order valence-corrected chi connectivity index (χ1v) is 9.27. The largest absolute Gasteiger partial charge is 0.479 e. The van der Waals surface area contributed by atoms with E-state index in [1.807, 2.05) is 11.5 Å². The average molecular weight is 359 g/mol. The Bertz CT molecular complexity index is 797. The van der Waals surface area contributed by atoms with E-state index >= 15 is 0 Å². The van der Waals surface area contributed by atoms with Crippen LogP contribution in [0.5, 0.6) is 0 Å². The topological polar surface area (TPSA) is 76.2 Å². The van der Waals surface area contributed by atoms with E-state index in [1.165, 1.54) is 11.3 Å². The molecule has 0 saturated carbocycles. The molecule has 0 amide bonds. The van der Waals surface area contributed by atoms with Crippen molar-refractivity contribution in [3.63, 3.8) is 0 Å². The number of imidazole rings is 1. The Morgan fingerprint density at radius 1 is 1.27 bits per heavy atom. The summed E-state index contributed by atoms with van der Waals surface area (Å²) in [5.41, 5.74) is 2.65. The van der Waals surface area contributed by atoms with Gasteiger partial charge in [0.2, 0.25) is 0 Å². The summed E-state index contributed by atoms with van der Waals surface area (Å²) in [6, 6.07) is 0.340. The lowest BCUT2D eigenvalue weighted by molar-refractivity contribution is -0.150. The van der Waals surface area contributed by atoms with E-state index in [2.05, 4.69) is 47.4 Å². The van der Waals surface area contributed by atoms with Gasteiger partial charge in [0.1, 0.15) is 11.4 Å². The molecule has 0 unspecified atom stereocenters. The molecule has 7 nitrogen and oxygen atoms in total. The molecule has 0 aliphatic carbocycles. The van der Waals surface area contributed by atoms with Gasteiger partial charge in [0.05, 0.1) is 5.69 Å². The smallest absolute Gasteiger partial charge is 0.330 e. The summed E-state index contributed by atoms with van der Waals surface area (Å²) in [7, 11) is 0. The summed E-state index contributed by atoms with van der Waals surface area (Å²) in [6.45, 7) is 12.6. The molecule has 0 aromatic carbocycles. The van der Waals surface area contributed by atoms with Crippen LogP contribution in [0.15, 0.2) is 12.4 Å². The maximum Gasteiger partial charge on any atom is 0.330 e. The third-order valence-corrected chi connectivity index (χ3v) is 5.71. The lowest BCUT2D eigenvalue weighted by Crippen LogP contribution is -2.51. The van der Waals surface area contributed by atoms with Crippen molar-refractivity contribution < 1.29 is 9.90 Å². The second kappa shape index (κ2) is 6.87. The van der Waals surface area contributed by atoms with Crippen LogP contribution < -0.4 is 0 Å². The zero-order valence-electron chi connectivity index (χ0n) is 16.4. The molecular weight excluding hydrogens is 330 g/mol. The van der Waals surface area contributed by atoms with Crippen molar-refractivity contribution >= 4 is 5.97 Å². The predicted octanol–water partition coefficient (Wildman–Crippen LogP) is 2.66. The summed E-state index contributed by atoms with van der Waals surface area (Å²) in [6.07, 6.45) is 4.63. The molecule has 0 spiro atoms. The minimum Gasteiger partial charge on any atom is -0.479 e. The van der Waals surface area contributed by atoms with Crippen molar-refractivity contribution in [3.8, 4) is 0 Å². The Morgan fingerprint density at radius 2 is 1.92 bits per heavy atom. The van der Waals surface area contributed by atoms with Gasteiger partial charge in [-0.2, -0.15) is 5.10 Å². The van der Waals surface area contributed by atoms with E-state index in [0.29, 0.717) is 18.9 Å². The minimum absolute atomic E-state index is 0.340. The third-order valence-electron chi connectivity index (χ3n) is 5.71. The number of carbonyl (C=O) groups is 1. The van der Waals surface area contributed by atoms with Gasteiger partial charge in [0, 0.05) is 49.3 Å². The standard InChI is InChI=1S/C19H29N5O2/c1-13(2)24-15(4)17(14(3)21-24)12-22-9-6-19(7-10-22,18(25)26)23-11-8-20-16(23)5/h8,11,13H,6-7,9-10,12H2,1-5H3,(H,25,26). The molecule has 1 aliphatic heterocycles. The van der Waals surface area contributed by atoms with Crippen molar-refractivity contribution in [2.24, 2.45) is 0 Å². The Balaban J connectivity index is 1.77. The van der Waals surface area contributed by atoms with E-state index in [0.717, 1.165) is 31.2 Å². The fourth-order valence-corrected chi connectivity index (χ4v) is 4.12. The SMILES string of the molecule is Cc1nn(C(C)C)c(C)c1CN1CCC(C(=O)O)(n2ccnc2C)CC1. The first kappa shape index (κ1) is 18.6. The van der Waals surface area contributed by atoms with Gasteiger partial charge in [-0.1, -0.05) is 0 Å². The van der Waals surface area contributed by atoms with Gasteiger partial charge in [-0.05, 0) is 47.5 Å². The molecule has 0 radical (unpaired) electrons. The van der Waals surface area contributed by atoms with Crippen LogP contribution in [0.3, 0.4) is 0 Å². The van der Waals surface area contributed by atoms with Crippen molar-refractivity contribution in [1.82, 2.24) is 24.2 Å². The summed E-state index contributed by atoms with van der Waals surface area (Å²) >= 11 is 0. The molecule has 3 heterocycles. The highest BCUT2D eigenvalue weighted by atomic mass is 16.4. The molecule has 1 fully saturated rings. The normalized spacial score (nSPS) is 17.8. The number of hydrogen-bond donors (Lipinski definition) is 1. The second-order valence-electron chi connectivity index (χ2n) is 7.65. The summed E-state index contributed by atoms with van der Waals surface area (Å²) < 4.78 is 3.91. The Hall–Kier alpha value is -2.15. The van der Waals surface area contributed by atoms with Crippen molar-refractivity contribution in [1.29, 1.82) is 0 Å². The van der Waals surface area contributed by atoms with Gasteiger partial charge < -0.3 is 9.67 Å². The molecule has 0 atom stereocenters. The molecule has 26 heavy (non-hydrogen) atoms. The number of carboxylic acids is 1. The number of piperidine rings is 1. The summed E-state index contributed by atoms with van der Waals surface area (Å²) in [5.74, 6) is -0.0102. The zero-order chi connectivity index (χ0) is 19.1. The van der Waals surface area contributed by atoms with E-state index < -0.39 is 11.5 Å². The van der Waals surface area contributed by atoms with Gasteiger partial charge in [0.15, 0.2) is 0 Å². The zero-order valence-corrected chi connectivity index (χ0v) is 16.4. The van der Waals surface area contributed by atoms with E-state index in [-0.39, 0.29) is 0 Å². The number of likely N-dealkylation sites (tertiary alicyclic amines) is 1. The quantitative estimate of drug-likeness (QED) is 0.888. The number of aliphatic carboxylic acids is 1. The third kappa shape index (κ3) is 3.05. The number of carboxylic acid groups (broad SMARTS) is 1. The fraction of sp³-hybridized carbons (Fsp3) is 0.632. The van der Waals surface area contributed by atoms with Gasteiger partial charge in [0.25, 0.3) is 0 Å². The molecule has 1 N–H and O–H groups in total. The number of aromatic nitrogens is 4. The first-order valence-electron chi connectivity index (χ1n) is 9.27. The van der Waals surface area contributed by atoms with Crippen LogP contribution in [0.25, 0.3) is 0 Å². The molecule has 2 aromatic rings. The molecule has 7 heteroatoms. The molecular formula is C19H29N5O2. The number of hydrogen-bond acceptors (Lipinski definition) is 4. The van der Waals surface area contributed by atoms with E-state index in [4.69, 9.17) is 0 Å². The second-order valence-corrected chi connectivity index (χ2v) is 7.65. The highest BCUT2D eigenvalue weighted by molar-refractivity contribution is 5.77. The maximum absolute atomic E-state index is 12.1. The van der Waals surface area contributed by atoms with Crippen LogP contribution in [-0.2, 0) is 16.9 Å². The number of rotatable bonds is 5. The summed E-state index contributed by atoms with van der Waals surface area (Å²) in [5, 5.41) is 14.6. The van der Waals surface area contributed by atoms with Crippen LogP contribution >= 0.6 is 0 Å². The number of nitrogens with zero attached hydrogens (tertiary/aromatic N) is 5. The lowest BCUT2D eigenvalue weighted by atomic mass is 9.86. The monoisotopic (exact) mass is 359 g/mol. The van der Waals surface area contributed by atoms with Crippen LogP contribution in [0.4, 0.5) is 0 Å². The summed E-state index contributed by atoms with van der Waals surface area (Å²) in [4.78, 5) is 18.7. The van der Waals surface area contributed by atoms with Crippen LogP contribution in [0, 0.1) is 20.8 Å². The van der Waals surface area contributed by atoms with E-state index in [9.17, 15) is 9.90 Å². The molecule has 1 aliphatic rings. The maximum atomic E-state index is 12.1. The number of aryl methyl sites for hydroxylation is 2. The highest BCUT2D eigenvalue weighted by Crippen LogP contribution is 2.33. The van der Waals surface area contributed by atoms with Crippen molar-refractivity contribution in [3.05, 3.63) is 35.2 Å². The lowest BCUT2D eigenvalue weighted by Gasteiger charge is -2.40. The van der Waals surface area contributed by atoms with Gasteiger partial charge in [-0.25, -0.2) is 9.78 Å². The molecule has 0 bridgehead atoms. The van der Waals surface area contributed by atoms with Gasteiger partial charge >= 0.3 is 5.97 Å². The minimum atomic E-state index is -0.886. The van der Waals surface area contributed by atoms with Crippen LogP contribution in [0.2, 0.25) is 0 Å². The van der Waals surface area contributed by atoms with Crippen LogP contribution in [-0.4, -0.2) is 48.4 Å². The van der Waals surface area contributed by atoms with E-state index in [1.54, 1.807) is 12.4 Å². The molecule has 1 saturated heterocycles. The molecule has 3 rings (SSSR count). The highest BCUT2D eigenvalue weighted by Gasteiger charge is 2.44. The van der Waals surface area contributed by atoms with Crippen molar-refractivity contribution in [2.75, 3.05) is 13.1 Å². The van der Waals surface area contributed by atoms with Crippen molar-refractivity contribution in [2.45, 2.75) is 65.6 Å². The van der Waals surface area contributed by atoms with Crippen LogP contribution in [0.1, 0.15) is 55.5 Å². The first-order chi connectivity index (χ1) is 12.3. The van der Waals surface area contributed by atoms with Gasteiger partial charge in [-0.15, -0.1) is 0 Å². The Morgan fingerprint density at radius 3 is 2.38 bits per heavy atom. The molecule has 142 valence electrons. The average Bonchev–Trinajstić information content (AvgIpc) is 3.14. The Labute approximate surface area is 154 Å². The molecule has 2 aromatic heterocycles.